The lowest BCUT2D eigenvalue weighted by Gasteiger charge is -2.27. The smallest absolute Gasteiger partial charge is 0.290 e. The van der Waals surface area contributed by atoms with Crippen LogP contribution < -0.4 is 0 Å². The summed E-state index contributed by atoms with van der Waals surface area (Å²) in [5, 5.41) is 10.5. The minimum atomic E-state index is -0.700. The molecule has 6 nitrogen and oxygen atoms in total. The van der Waals surface area contributed by atoms with Crippen molar-refractivity contribution in [2.75, 3.05) is 20.3 Å². The maximum absolute atomic E-state index is 13.0. The third kappa shape index (κ3) is 3.60. The summed E-state index contributed by atoms with van der Waals surface area (Å²) in [6, 6.07) is 10.2. The first kappa shape index (κ1) is 19.9. The van der Waals surface area contributed by atoms with Gasteiger partial charge < -0.3 is 19.2 Å². The van der Waals surface area contributed by atoms with E-state index in [1.807, 2.05) is 24.3 Å². The van der Waals surface area contributed by atoms with Crippen molar-refractivity contribution in [2.24, 2.45) is 0 Å². The summed E-state index contributed by atoms with van der Waals surface area (Å²) in [5.74, 6) is -1.54. The van der Waals surface area contributed by atoms with Crippen molar-refractivity contribution in [3.63, 3.8) is 0 Å². The van der Waals surface area contributed by atoms with E-state index < -0.39 is 23.5 Å². The number of furan rings is 1. The standard InChI is InChI=1S/C22H25NO5/c1-22(2,3)15-9-7-14(8-10-15)18-17(19(24)16-6-5-12-28-16)20(25)21(26)23(18)11-13-27-4/h5-10,12,18,25H,11,13H2,1-4H3. The number of rotatable bonds is 6. The Morgan fingerprint density at radius 3 is 2.43 bits per heavy atom. The number of aliphatic hydroxyl groups is 1. The minimum Gasteiger partial charge on any atom is -0.503 e. The summed E-state index contributed by atoms with van der Waals surface area (Å²) in [6.45, 7) is 6.88. The first-order valence-electron chi connectivity index (χ1n) is 9.17. The lowest BCUT2D eigenvalue weighted by Crippen LogP contribution is -2.34. The van der Waals surface area contributed by atoms with Crippen molar-refractivity contribution in [1.29, 1.82) is 0 Å². The van der Waals surface area contributed by atoms with Crippen LogP contribution in [0.4, 0.5) is 0 Å². The van der Waals surface area contributed by atoms with Crippen LogP contribution in [0.15, 0.2) is 58.4 Å². The van der Waals surface area contributed by atoms with Gasteiger partial charge in [0.05, 0.1) is 24.5 Å². The third-order valence-electron chi connectivity index (χ3n) is 4.92. The number of amides is 1. The van der Waals surface area contributed by atoms with Gasteiger partial charge in [-0.2, -0.15) is 0 Å². The van der Waals surface area contributed by atoms with Gasteiger partial charge in [0.25, 0.3) is 5.91 Å². The second kappa shape index (κ2) is 7.64. The fourth-order valence-corrected chi connectivity index (χ4v) is 3.36. The van der Waals surface area contributed by atoms with Crippen LogP contribution in [0.1, 0.15) is 48.5 Å². The van der Waals surface area contributed by atoms with Crippen molar-refractivity contribution in [2.45, 2.75) is 32.2 Å². The molecule has 0 spiro atoms. The zero-order valence-electron chi connectivity index (χ0n) is 16.6. The van der Waals surface area contributed by atoms with Crippen LogP contribution in [-0.2, 0) is 14.9 Å². The summed E-state index contributed by atoms with van der Waals surface area (Å²) in [7, 11) is 1.54. The summed E-state index contributed by atoms with van der Waals surface area (Å²) in [5.41, 5.74) is 1.89. The third-order valence-corrected chi connectivity index (χ3v) is 4.92. The average molecular weight is 383 g/mol. The normalized spacial score (nSPS) is 17.5. The van der Waals surface area contributed by atoms with E-state index in [0.29, 0.717) is 0 Å². The zero-order valence-corrected chi connectivity index (χ0v) is 16.6. The lowest BCUT2D eigenvalue weighted by atomic mass is 9.85. The van der Waals surface area contributed by atoms with Crippen LogP contribution in [0, 0.1) is 0 Å². The first-order valence-corrected chi connectivity index (χ1v) is 9.17. The number of carbonyl (C=O) groups excluding carboxylic acids is 2. The van der Waals surface area contributed by atoms with E-state index in [1.165, 1.54) is 24.3 Å². The predicted octanol–water partition coefficient (Wildman–Crippen LogP) is 3.80. The number of nitrogens with zero attached hydrogens (tertiary/aromatic N) is 1. The molecule has 1 aliphatic rings. The topological polar surface area (TPSA) is 80.0 Å². The number of benzene rings is 1. The molecule has 0 aliphatic carbocycles. The molecule has 3 rings (SSSR count). The van der Waals surface area contributed by atoms with Gasteiger partial charge in [0, 0.05) is 13.7 Å². The van der Waals surface area contributed by atoms with E-state index in [1.54, 1.807) is 6.07 Å². The summed E-state index contributed by atoms with van der Waals surface area (Å²) in [4.78, 5) is 27.1. The number of ether oxygens (including phenoxy) is 1. The van der Waals surface area contributed by atoms with Gasteiger partial charge >= 0.3 is 0 Å². The molecule has 2 aromatic rings. The fourth-order valence-electron chi connectivity index (χ4n) is 3.36. The van der Waals surface area contributed by atoms with Crippen LogP contribution in [0.3, 0.4) is 0 Å². The monoisotopic (exact) mass is 383 g/mol. The SMILES string of the molecule is COCCN1C(=O)C(O)=C(C(=O)c2ccco2)C1c1ccc(C(C)(C)C)cc1. The molecule has 28 heavy (non-hydrogen) atoms. The second-order valence-corrected chi connectivity index (χ2v) is 7.83. The van der Waals surface area contributed by atoms with Crippen molar-refractivity contribution < 1.29 is 23.8 Å². The van der Waals surface area contributed by atoms with Crippen molar-refractivity contribution in [1.82, 2.24) is 4.90 Å². The lowest BCUT2D eigenvalue weighted by molar-refractivity contribution is -0.130. The molecule has 2 heterocycles. The second-order valence-electron chi connectivity index (χ2n) is 7.83. The number of hydrogen-bond acceptors (Lipinski definition) is 5. The van der Waals surface area contributed by atoms with E-state index in [0.717, 1.165) is 11.1 Å². The highest BCUT2D eigenvalue weighted by Gasteiger charge is 2.44. The number of aliphatic hydroxyl groups excluding tert-OH is 1. The Hall–Kier alpha value is -2.86. The van der Waals surface area contributed by atoms with Crippen LogP contribution in [0.2, 0.25) is 0 Å². The maximum atomic E-state index is 13.0. The molecule has 148 valence electrons. The molecule has 1 amide bonds. The number of ketones is 1. The first-order chi connectivity index (χ1) is 13.3. The number of carbonyl (C=O) groups is 2. The van der Waals surface area contributed by atoms with Crippen molar-refractivity contribution in [3.05, 3.63) is 70.9 Å². The van der Waals surface area contributed by atoms with Crippen LogP contribution in [-0.4, -0.2) is 42.0 Å². The molecule has 1 N–H and O–H groups in total. The Kier molecular flexibility index (Phi) is 5.42. The van der Waals surface area contributed by atoms with Gasteiger partial charge in [-0.25, -0.2) is 0 Å². The van der Waals surface area contributed by atoms with Gasteiger partial charge in [-0.05, 0) is 28.7 Å². The highest BCUT2D eigenvalue weighted by molar-refractivity contribution is 6.15. The van der Waals surface area contributed by atoms with E-state index >= 15 is 0 Å². The number of hydrogen-bond donors (Lipinski definition) is 1. The Labute approximate surface area is 164 Å². The van der Waals surface area contributed by atoms with Crippen molar-refractivity contribution >= 4 is 11.7 Å². The molecule has 0 bridgehead atoms. The highest BCUT2D eigenvalue weighted by atomic mass is 16.5. The van der Waals surface area contributed by atoms with Gasteiger partial charge in [-0.15, -0.1) is 0 Å². The predicted molar refractivity (Wildman–Crippen MR) is 104 cm³/mol. The van der Waals surface area contributed by atoms with Gasteiger partial charge in [0.15, 0.2) is 11.5 Å². The molecule has 1 aromatic heterocycles. The quantitative estimate of drug-likeness (QED) is 0.768. The Morgan fingerprint density at radius 1 is 1.21 bits per heavy atom. The molecule has 1 unspecified atom stereocenters. The highest BCUT2D eigenvalue weighted by Crippen LogP contribution is 2.39. The number of methoxy groups -OCH3 is 1. The Balaban J connectivity index is 2.05. The average Bonchev–Trinajstić information content (AvgIpc) is 3.27. The molecule has 0 radical (unpaired) electrons. The molecule has 1 aliphatic heterocycles. The molecule has 1 atom stereocenters. The number of Topliss-reactive ketones (excluding diaryl/α,β-unsaturated/α-hetero) is 1. The Morgan fingerprint density at radius 2 is 1.89 bits per heavy atom. The van der Waals surface area contributed by atoms with Crippen molar-refractivity contribution in [3.8, 4) is 0 Å². The van der Waals surface area contributed by atoms with E-state index in [-0.39, 0.29) is 29.9 Å². The van der Waals surface area contributed by atoms with Crippen LogP contribution in [0.5, 0.6) is 0 Å². The van der Waals surface area contributed by atoms with Gasteiger partial charge in [-0.1, -0.05) is 45.0 Å². The molecule has 1 aromatic carbocycles. The Bertz CT molecular complexity index is 888. The van der Waals surface area contributed by atoms with E-state index in [4.69, 9.17) is 9.15 Å². The van der Waals surface area contributed by atoms with Crippen LogP contribution >= 0.6 is 0 Å². The fraction of sp³-hybridized carbons (Fsp3) is 0.364. The van der Waals surface area contributed by atoms with E-state index in [2.05, 4.69) is 20.8 Å². The maximum Gasteiger partial charge on any atom is 0.290 e. The van der Waals surface area contributed by atoms with Gasteiger partial charge in [0.1, 0.15) is 0 Å². The largest absolute Gasteiger partial charge is 0.503 e. The molecule has 0 saturated heterocycles. The minimum absolute atomic E-state index is 0.0233. The van der Waals surface area contributed by atoms with Gasteiger partial charge in [-0.3, -0.25) is 9.59 Å². The summed E-state index contributed by atoms with van der Waals surface area (Å²) in [6.07, 6.45) is 1.39. The molecule has 0 fully saturated rings. The summed E-state index contributed by atoms with van der Waals surface area (Å²) < 4.78 is 10.3. The van der Waals surface area contributed by atoms with Crippen LogP contribution in [0.25, 0.3) is 0 Å². The molecular weight excluding hydrogens is 358 g/mol. The molecule has 0 saturated carbocycles. The summed E-state index contributed by atoms with van der Waals surface area (Å²) >= 11 is 0. The zero-order chi connectivity index (χ0) is 20.5. The van der Waals surface area contributed by atoms with Gasteiger partial charge in [0.2, 0.25) is 5.78 Å². The van der Waals surface area contributed by atoms with E-state index in [9.17, 15) is 14.7 Å². The molecule has 6 heteroatoms. The molecular formula is C22H25NO5.